The number of rotatable bonds is 5. The highest BCUT2D eigenvalue weighted by atomic mass is 16.3. The molecule has 0 aliphatic heterocycles. The number of anilines is 3. The second-order valence-corrected chi connectivity index (χ2v) is 18.0. The third-order valence-electron chi connectivity index (χ3n) is 15.5. The zero-order valence-electron chi connectivity index (χ0n) is 32.0. The van der Waals surface area contributed by atoms with E-state index in [0.717, 1.165) is 51.7 Å². The predicted octanol–water partition coefficient (Wildman–Crippen LogP) is 14.5. The molecule has 1 heterocycles. The monoisotopic (exact) mass is 715 g/mol. The fourth-order valence-electron chi connectivity index (χ4n) is 13.8. The first-order valence-electron chi connectivity index (χ1n) is 21.2. The second kappa shape index (κ2) is 11.7. The van der Waals surface area contributed by atoms with Crippen LogP contribution in [0.25, 0.3) is 45.4 Å². The van der Waals surface area contributed by atoms with Gasteiger partial charge in [-0.3, -0.25) is 0 Å². The van der Waals surface area contributed by atoms with Gasteiger partial charge in [-0.15, -0.1) is 0 Å². The molecule has 2 nitrogen and oxygen atoms in total. The van der Waals surface area contributed by atoms with E-state index in [0.29, 0.717) is 0 Å². The van der Waals surface area contributed by atoms with Gasteiger partial charge in [-0.1, -0.05) is 98.7 Å². The SMILES string of the molecule is C=Cc1c(/C=C\C)oc2ccc(N(c3ccc4c(c3)-c3ccccc3C43CCCCC3)c3ccc4c(c3)C3(c5ccccc5-4)C4CC5CC(C4)CC3C5)cc12. The highest BCUT2D eigenvalue weighted by molar-refractivity contribution is 5.96. The Balaban J connectivity index is 1.09. The van der Waals surface area contributed by atoms with Gasteiger partial charge in [-0.25, -0.2) is 0 Å². The van der Waals surface area contributed by atoms with Crippen molar-refractivity contribution in [3.05, 3.63) is 149 Å². The van der Waals surface area contributed by atoms with Crippen molar-refractivity contribution < 1.29 is 4.42 Å². The molecule has 7 aliphatic rings. The molecule has 0 saturated heterocycles. The van der Waals surface area contributed by atoms with E-state index in [-0.39, 0.29) is 10.8 Å². The first-order valence-corrected chi connectivity index (χ1v) is 21.2. The Morgan fingerprint density at radius 2 is 1.24 bits per heavy atom. The number of hydrogen-bond donors (Lipinski definition) is 0. The van der Waals surface area contributed by atoms with E-state index in [1.165, 1.54) is 103 Å². The van der Waals surface area contributed by atoms with Gasteiger partial charge in [0.25, 0.3) is 0 Å². The molecule has 0 amide bonds. The van der Waals surface area contributed by atoms with Crippen molar-refractivity contribution in [1.82, 2.24) is 0 Å². The van der Waals surface area contributed by atoms with Crippen molar-refractivity contribution in [3.63, 3.8) is 0 Å². The van der Waals surface area contributed by atoms with Crippen LogP contribution >= 0.6 is 0 Å². The summed E-state index contributed by atoms with van der Waals surface area (Å²) in [6.45, 7) is 6.27. The van der Waals surface area contributed by atoms with Crippen LogP contribution in [-0.4, -0.2) is 0 Å². The fourth-order valence-corrected chi connectivity index (χ4v) is 13.8. The first-order chi connectivity index (χ1) is 27.1. The van der Waals surface area contributed by atoms with E-state index in [2.05, 4.69) is 121 Å². The maximum absolute atomic E-state index is 6.39. The first kappa shape index (κ1) is 32.2. The molecule has 0 radical (unpaired) electrons. The zero-order chi connectivity index (χ0) is 36.5. The van der Waals surface area contributed by atoms with Crippen LogP contribution in [-0.2, 0) is 10.8 Å². The lowest BCUT2D eigenvalue weighted by molar-refractivity contribution is -0.0399. The van der Waals surface area contributed by atoms with Gasteiger partial charge in [0.05, 0.1) is 0 Å². The Morgan fingerprint density at radius 3 is 1.98 bits per heavy atom. The van der Waals surface area contributed by atoms with Gasteiger partial charge in [0.1, 0.15) is 11.3 Å². The number of benzene rings is 5. The maximum atomic E-state index is 6.39. The Bertz CT molecular complexity index is 2560. The minimum atomic E-state index is 0.108. The molecule has 0 atom stereocenters. The van der Waals surface area contributed by atoms with Gasteiger partial charge in [0, 0.05) is 38.8 Å². The van der Waals surface area contributed by atoms with Gasteiger partial charge in [0.15, 0.2) is 0 Å². The summed E-state index contributed by atoms with van der Waals surface area (Å²) in [6.07, 6.45) is 19.5. The lowest BCUT2D eigenvalue weighted by Crippen LogP contribution is -2.55. The van der Waals surface area contributed by atoms with Gasteiger partial charge >= 0.3 is 0 Å². The summed E-state index contributed by atoms with van der Waals surface area (Å²) < 4.78 is 6.39. The molecule has 4 bridgehead atoms. The summed E-state index contributed by atoms with van der Waals surface area (Å²) in [7, 11) is 0. The number of fused-ring (bicyclic) bond motifs is 9. The van der Waals surface area contributed by atoms with Crippen LogP contribution in [0.4, 0.5) is 17.1 Å². The number of nitrogens with zero attached hydrogens (tertiary/aromatic N) is 1. The number of furan rings is 1. The maximum Gasteiger partial charge on any atom is 0.135 e. The van der Waals surface area contributed by atoms with Crippen LogP contribution < -0.4 is 4.90 Å². The standard InChI is InChI=1S/C53H49NO/c1-3-12-50-40(4-2)45-31-38(19-22-51(45)55-50)54(37-18-21-47-44(30-37)42-14-6-8-15-46(42)52(47)23-10-5-11-24-52)39-17-20-43-41-13-7-9-16-48(41)53(49(43)32-39)35-26-33-25-34(28-35)29-36(53)27-33/h3-4,6-9,12-22,30-36H,2,5,10-11,23-29H2,1H3/b12-3-. The Morgan fingerprint density at radius 1 is 0.618 bits per heavy atom. The molecule has 5 aromatic carbocycles. The fraction of sp³-hybridized carbons (Fsp3) is 0.321. The van der Waals surface area contributed by atoms with Crippen LogP contribution in [0.5, 0.6) is 0 Å². The third-order valence-corrected chi connectivity index (χ3v) is 15.5. The van der Waals surface area contributed by atoms with Crippen molar-refractivity contribution in [2.75, 3.05) is 4.90 Å². The van der Waals surface area contributed by atoms with E-state index in [1.54, 1.807) is 16.7 Å². The predicted molar refractivity (Wildman–Crippen MR) is 228 cm³/mol. The zero-order valence-corrected chi connectivity index (χ0v) is 32.0. The van der Waals surface area contributed by atoms with Crippen molar-refractivity contribution in [1.29, 1.82) is 0 Å². The molecule has 2 spiro atoms. The van der Waals surface area contributed by atoms with E-state index in [9.17, 15) is 0 Å². The highest BCUT2D eigenvalue weighted by Crippen LogP contribution is 2.69. The molecule has 5 fully saturated rings. The Labute approximate surface area is 325 Å². The van der Waals surface area contributed by atoms with Crippen molar-refractivity contribution in [3.8, 4) is 22.3 Å². The average molecular weight is 716 g/mol. The summed E-state index contributed by atoms with van der Waals surface area (Å²) in [5.41, 5.74) is 17.8. The van der Waals surface area contributed by atoms with Gasteiger partial charge in [-0.2, -0.15) is 0 Å². The average Bonchev–Trinajstić information content (AvgIpc) is 3.81. The largest absolute Gasteiger partial charge is 0.456 e. The molecule has 272 valence electrons. The number of allylic oxidation sites excluding steroid dienone is 1. The lowest BCUT2D eigenvalue weighted by Gasteiger charge is -2.61. The van der Waals surface area contributed by atoms with Crippen LogP contribution in [0.1, 0.15) is 105 Å². The highest BCUT2D eigenvalue weighted by Gasteiger charge is 2.61. The summed E-state index contributed by atoms with van der Waals surface area (Å²) >= 11 is 0. The summed E-state index contributed by atoms with van der Waals surface area (Å²) in [5, 5.41) is 1.10. The van der Waals surface area contributed by atoms with Crippen molar-refractivity contribution >= 4 is 40.2 Å². The minimum Gasteiger partial charge on any atom is -0.456 e. The minimum absolute atomic E-state index is 0.108. The van der Waals surface area contributed by atoms with Crippen LogP contribution in [0.15, 0.2) is 120 Å². The van der Waals surface area contributed by atoms with Gasteiger partial charge < -0.3 is 9.32 Å². The molecule has 55 heavy (non-hydrogen) atoms. The van der Waals surface area contributed by atoms with Crippen molar-refractivity contribution in [2.45, 2.75) is 82.0 Å². The molecule has 0 unspecified atom stereocenters. The smallest absolute Gasteiger partial charge is 0.135 e. The molecule has 5 saturated carbocycles. The van der Waals surface area contributed by atoms with E-state index < -0.39 is 0 Å². The molecule has 0 N–H and O–H groups in total. The molecule has 13 rings (SSSR count). The molecule has 2 heteroatoms. The Hall–Kier alpha value is -5.08. The van der Waals surface area contributed by atoms with Crippen LogP contribution in [0.3, 0.4) is 0 Å². The van der Waals surface area contributed by atoms with Gasteiger partial charge in [0.2, 0.25) is 0 Å². The third kappa shape index (κ3) is 4.26. The van der Waals surface area contributed by atoms with Gasteiger partial charge in [-0.05, 0) is 169 Å². The van der Waals surface area contributed by atoms with E-state index in [1.807, 2.05) is 19.1 Å². The topological polar surface area (TPSA) is 16.4 Å². The molecular formula is C53H49NO. The molecule has 1 aromatic heterocycles. The van der Waals surface area contributed by atoms with E-state index >= 15 is 0 Å². The Kier molecular flexibility index (Phi) is 6.86. The second-order valence-electron chi connectivity index (χ2n) is 18.0. The number of hydrogen-bond acceptors (Lipinski definition) is 2. The van der Waals surface area contributed by atoms with Crippen LogP contribution in [0.2, 0.25) is 0 Å². The normalized spacial score (nSPS) is 26.1. The lowest BCUT2D eigenvalue weighted by atomic mass is 9.43. The molecular weight excluding hydrogens is 667 g/mol. The van der Waals surface area contributed by atoms with Crippen molar-refractivity contribution in [2.24, 2.45) is 23.7 Å². The summed E-state index contributed by atoms with van der Waals surface area (Å²) in [4.78, 5) is 2.55. The molecule has 6 aromatic rings. The van der Waals surface area contributed by atoms with E-state index in [4.69, 9.17) is 4.42 Å². The molecule has 7 aliphatic carbocycles. The van der Waals surface area contributed by atoms with Crippen LogP contribution in [0, 0.1) is 23.7 Å². The summed E-state index contributed by atoms with van der Waals surface area (Å²) in [5.74, 6) is 4.14. The quantitative estimate of drug-likeness (QED) is 0.177. The summed E-state index contributed by atoms with van der Waals surface area (Å²) in [6, 6.07) is 40.5.